The number of hydrogen-bond acceptors (Lipinski definition) is 19. The van der Waals surface area contributed by atoms with Gasteiger partial charge in [-0.1, -0.05) is 38.1 Å². The third kappa shape index (κ3) is 13.2. The van der Waals surface area contributed by atoms with Gasteiger partial charge in [0.2, 0.25) is 17.7 Å². The van der Waals surface area contributed by atoms with Gasteiger partial charge >= 0.3 is 7.82 Å². The number of para-hydroxylation sites is 1. The van der Waals surface area contributed by atoms with Crippen LogP contribution >= 0.6 is 7.82 Å². The minimum atomic E-state index is -4.71. The maximum Gasteiger partial charge on any atom is 0.472 e. The molecule has 1 saturated carbocycles. The molecule has 4 saturated heterocycles. The van der Waals surface area contributed by atoms with Crippen molar-refractivity contribution in [1.29, 1.82) is 5.26 Å². The lowest BCUT2D eigenvalue weighted by Gasteiger charge is -2.43. The van der Waals surface area contributed by atoms with Crippen LogP contribution in [0, 0.1) is 17.2 Å². The molecule has 7 heterocycles. The van der Waals surface area contributed by atoms with E-state index < -0.39 is 32.7 Å². The van der Waals surface area contributed by atoms with E-state index in [9.17, 15) is 19.3 Å². The number of nitrogens with one attached hydrogen (secondary N) is 1. The predicted octanol–water partition coefficient (Wildman–Crippen LogP) is 5.33. The van der Waals surface area contributed by atoms with Gasteiger partial charge in [0.25, 0.3) is 5.88 Å². The van der Waals surface area contributed by atoms with Gasteiger partial charge in [0.05, 0.1) is 47.4 Å². The maximum atomic E-state index is 14.1. The highest BCUT2D eigenvalue weighted by Crippen LogP contribution is 2.42. The molecular formula is C55H68N11O12P. The van der Waals surface area contributed by atoms with E-state index in [1.807, 2.05) is 51.2 Å². The standard InChI is InChI=1S/C55H68N11O12P/c1-33(2)52(55(69)65-31-40(67)23-47(65)54(68)59-34(3)36-10-8-35(28-56)9-11-36)49-27-51(62-78-49)73-21-20-63-18-15-41(16-19-63)76-42-24-43(25-42)77-50-22-37(14-17-58-50)66-38-12-13-39(66)30-64(29-38)46-26-45(60-61-53(46)57)44-6-4-5-7-48(44)74-32-75-79(70,71)72/h4-11,14,17,22,26-27,33-34,38-43,47,52,67H,12-13,15-16,18-21,23-25,29-32H2,1-3H3,(H2,57,61)(H,59,68)(H2,70,71,72)/t34-,38?,39?,40+,42?,43?,47-,52?/m0/s1. The van der Waals surface area contributed by atoms with E-state index in [4.69, 9.17) is 44.3 Å². The van der Waals surface area contributed by atoms with E-state index in [0.29, 0.717) is 66.3 Å². The molecule has 0 radical (unpaired) electrons. The quantitative estimate of drug-likeness (QED) is 0.0458. The molecule has 10 rings (SSSR count). The molecule has 2 amide bonds. The molecule has 3 aromatic heterocycles. The zero-order valence-electron chi connectivity index (χ0n) is 44.5. The number of rotatable bonds is 21. The van der Waals surface area contributed by atoms with Gasteiger partial charge in [-0.15, -0.1) is 10.2 Å². The Morgan fingerprint density at radius 3 is 2.37 bits per heavy atom. The molecule has 6 atom stereocenters. The Balaban J connectivity index is 0.645. The lowest BCUT2D eigenvalue weighted by Crippen LogP contribution is -2.54. The Morgan fingerprint density at radius 2 is 1.65 bits per heavy atom. The number of aliphatic hydroxyl groups is 1. The number of phosphoric acid groups is 1. The lowest BCUT2D eigenvalue weighted by molar-refractivity contribution is -0.141. The molecular weight excluding hydrogens is 1040 g/mol. The number of nitrogens with zero attached hydrogens (tertiary/aromatic N) is 9. The Hall–Kier alpha value is -6.90. The van der Waals surface area contributed by atoms with Gasteiger partial charge in [-0.2, -0.15) is 5.26 Å². The van der Waals surface area contributed by atoms with Crippen molar-refractivity contribution in [2.45, 2.75) is 120 Å². The molecule has 420 valence electrons. The van der Waals surface area contributed by atoms with Crippen LogP contribution in [0.25, 0.3) is 11.3 Å². The van der Waals surface area contributed by atoms with Crippen LogP contribution in [0.15, 0.2) is 83.5 Å². The summed E-state index contributed by atoms with van der Waals surface area (Å²) in [7, 11) is -4.71. The van der Waals surface area contributed by atoms with E-state index in [-0.39, 0.29) is 73.0 Å². The van der Waals surface area contributed by atoms with Crippen molar-refractivity contribution >= 4 is 36.8 Å². The van der Waals surface area contributed by atoms with Crippen molar-refractivity contribution in [3.63, 3.8) is 0 Å². The van der Waals surface area contributed by atoms with Crippen molar-refractivity contribution < 1.29 is 57.0 Å². The van der Waals surface area contributed by atoms with Crippen molar-refractivity contribution in [3.05, 3.63) is 95.9 Å². The van der Waals surface area contributed by atoms with E-state index in [1.54, 1.807) is 48.5 Å². The Bertz CT molecular complexity index is 3000. The molecule has 23 nitrogen and oxygen atoms in total. The molecule has 5 fully saturated rings. The molecule has 1 aliphatic carbocycles. The number of aliphatic hydroxyl groups excluding tert-OH is 1. The minimum Gasteiger partial charge on any atom is -0.474 e. The number of carbonyl (C=O) groups excluding carboxylic acids is 2. The minimum absolute atomic E-state index is 0.0162. The molecule has 0 spiro atoms. The number of nitriles is 1. The Labute approximate surface area is 458 Å². The third-order valence-corrected chi connectivity index (χ3v) is 16.1. The molecule has 24 heteroatoms. The summed E-state index contributed by atoms with van der Waals surface area (Å²) in [4.78, 5) is 58.9. The van der Waals surface area contributed by atoms with Crippen molar-refractivity contribution in [1.82, 2.24) is 35.5 Å². The summed E-state index contributed by atoms with van der Waals surface area (Å²) < 4.78 is 45.9. The van der Waals surface area contributed by atoms with E-state index >= 15 is 0 Å². The number of nitrogens with two attached hydrogens (primary N) is 1. The second-order valence-electron chi connectivity index (χ2n) is 21.4. The Kier molecular flexibility index (Phi) is 17.0. The summed E-state index contributed by atoms with van der Waals surface area (Å²) >= 11 is 0. The van der Waals surface area contributed by atoms with Crippen molar-refractivity contribution in [3.8, 4) is 34.8 Å². The van der Waals surface area contributed by atoms with Gasteiger partial charge in [0.15, 0.2) is 18.4 Å². The molecule has 5 aliphatic rings. The largest absolute Gasteiger partial charge is 0.474 e. The van der Waals surface area contributed by atoms with Crippen LogP contribution in [0.5, 0.6) is 17.5 Å². The Morgan fingerprint density at radius 1 is 0.899 bits per heavy atom. The van der Waals surface area contributed by atoms with Crippen LogP contribution in [-0.4, -0.2) is 152 Å². The first kappa shape index (κ1) is 55.4. The number of carbonyl (C=O) groups is 2. The molecule has 6 N–H and O–H groups in total. The first-order valence-corrected chi connectivity index (χ1v) is 28.6. The fraction of sp³-hybridized carbons (Fsp3) is 0.509. The smallest absolute Gasteiger partial charge is 0.472 e. The van der Waals surface area contributed by atoms with E-state index in [2.05, 4.69) is 50.9 Å². The van der Waals surface area contributed by atoms with Gasteiger partial charge in [-0.3, -0.25) is 14.5 Å². The van der Waals surface area contributed by atoms with Gasteiger partial charge in [0.1, 0.15) is 30.4 Å². The fourth-order valence-electron chi connectivity index (χ4n) is 11.5. The van der Waals surface area contributed by atoms with Crippen molar-refractivity contribution in [2.24, 2.45) is 5.92 Å². The number of fused-ring (bicyclic) bond motifs is 2. The highest BCUT2D eigenvalue weighted by molar-refractivity contribution is 7.46. The summed E-state index contributed by atoms with van der Waals surface area (Å²) in [5, 5.41) is 35.5. The first-order chi connectivity index (χ1) is 38.0. The lowest BCUT2D eigenvalue weighted by atomic mass is 9.91. The summed E-state index contributed by atoms with van der Waals surface area (Å²) in [6.07, 6.45) is 6.78. The molecule has 4 aliphatic heterocycles. The average molecular weight is 1110 g/mol. The predicted molar refractivity (Wildman–Crippen MR) is 288 cm³/mol. The fourth-order valence-corrected chi connectivity index (χ4v) is 11.7. The van der Waals surface area contributed by atoms with Gasteiger partial charge in [-0.25, -0.2) is 14.1 Å². The number of pyridine rings is 1. The second-order valence-corrected chi connectivity index (χ2v) is 22.7. The van der Waals surface area contributed by atoms with Crippen LogP contribution in [0.3, 0.4) is 0 Å². The highest BCUT2D eigenvalue weighted by Gasteiger charge is 2.45. The number of likely N-dealkylation sites (tertiary alicyclic amines) is 2. The van der Waals surface area contributed by atoms with Gasteiger partial charge in [-0.05, 0) is 85.6 Å². The number of phosphoric ester groups is 1. The van der Waals surface area contributed by atoms with Gasteiger partial charge in [0, 0.05) is 100 Å². The summed E-state index contributed by atoms with van der Waals surface area (Å²) in [6.45, 7) is 9.23. The molecule has 3 unspecified atom stereocenters. The number of ether oxygens (including phenoxy) is 4. The average Bonchev–Trinajstić information content (AvgIpc) is 4.24. The van der Waals surface area contributed by atoms with E-state index in [1.165, 1.54) is 4.90 Å². The molecule has 5 aromatic rings. The highest BCUT2D eigenvalue weighted by atomic mass is 31.2. The number of anilines is 3. The number of hydrogen-bond donors (Lipinski definition) is 5. The number of benzene rings is 2. The SMILES string of the molecule is CC(C)C(C(=O)N1C[C@H](O)C[C@H]1C(=O)N[C@@H](C)c1ccc(C#N)cc1)c1cc(OCCN2CCC(OC3CC(Oc4cc(N5C6CCC5CN(c5cc(-c7ccccc7OCOP(=O)(O)O)nnc5N)C6)ccn4)C3)CC2)no1. The summed E-state index contributed by atoms with van der Waals surface area (Å²) in [6, 6.07) is 22.8. The second kappa shape index (κ2) is 24.2. The summed E-state index contributed by atoms with van der Waals surface area (Å²) in [5.74, 6) is 0.200. The van der Waals surface area contributed by atoms with Gasteiger partial charge < -0.3 is 64.1 Å². The molecule has 2 bridgehead atoms. The third-order valence-electron chi connectivity index (χ3n) is 15.7. The van der Waals surface area contributed by atoms with Crippen LogP contribution in [0.4, 0.5) is 17.2 Å². The van der Waals surface area contributed by atoms with E-state index in [0.717, 1.165) is 68.6 Å². The normalized spacial score (nSPS) is 23.2. The zero-order chi connectivity index (χ0) is 55.4. The monoisotopic (exact) mass is 1110 g/mol. The number of nitrogen functional groups attached to an aromatic ring is 1. The first-order valence-electron chi connectivity index (χ1n) is 27.0. The van der Waals surface area contributed by atoms with Crippen LogP contribution < -0.4 is 35.1 Å². The number of amides is 2. The van der Waals surface area contributed by atoms with Crippen LogP contribution in [-0.2, 0) is 23.4 Å². The summed E-state index contributed by atoms with van der Waals surface area (Å²) in [5.41, 5.74) is 10.7. The number of piperazine rings is 1. The maximum absolute atomic E-state index is 14.1. The molecule has 79 heavy (non-hydrogen) atoms. The number of piperidine rings is 1. The topological polar surface area (TPSA) is 298 Å². The zero-order valence-corrected chi connectivity index (χ0v) is 45.3. The van der Waals surface area contributed by atoms with Crippen molar-refractivity contribution in [2.75, 3.05) is 68.2 Å². The van der Waals surface area contributed by atoms with Crippen LogP contribution in [0.1, 0.15) is 94.6 Å². The number of aromatic nitrogens is 4. The number of β-amino-alcohol motifs (C(OH)–C–C–N with tert-alkyl or cyclic N) is 1. The molecule has 2 aromatic carbocycles. The van der Waals surface area contributed by atoms with Crippen LogP contribution in [0.2, 0.25) is 0 Å².